The Morgan fingerprint density at radius 3 is 2.81 bits per heavy atom. The van der Waals surface area contributed by atoms with Crippen LogP contribution in [0.15, 0.2) is 29.6 Å². The molecule has 0 aliphatic carbocycles. The molecular formula is C16H10ClF4N3O2S. The maximum atomic E-state index is 13.8. The zero-order valence-corrected chi connectivity index (χ0v) is 15.0. The summed E-state index contributed by atoms with van der Waals surface area (Å²) in [5, 5.41) is 7.76. The first kappa shape index (κ1) is 18.3. The summed E-state index contributed by atoms with van der Waals surface area (Å²) in [5.41, 5.74) is 0.321. The van der Waals surface area contributed by atoms with Gasteiger partial charge in [-0.25, -0.2) is 4.39 Å². The van der Waals surface area contributed by atoms with E-state index in [1.807, 2.05) is 0 Å². The van der Waals surface area contributed by atoms with Gasteiger partial charge in [0, 0.05) is 23.1 Å². The van der Waals surface area contributed by atoms with Crippen LogP contribution in [0.2, 0.25) is 5.02 Å². The first-order valence-electron chi connectivity index (χ1n) is 7.59. The third-order valence-corrected chi connectivity index (χ3v) is 5.13. The summed E-state index contributed by atoms with van der Waals surface area (Å²) < 4.78 is 64.6. The molecule has 0 spiro atoms. The van der Waals surface area contributed by atoms with Crippen molar-refractivity contribution in [3.05, 3.63) is 51.9 Å². The van der Waals surface area contributed by atoms with Crippen LogP contribution in [0.4, 0.5) is 17.6 Å². The molecule has 0 radical (unpaired) electrons. The van der Waals surface area contributed by atoms with Gasteiger partial charge in [0.05, 0.1) is 17.2 Å². The summed E-state index contributed by atoms with van der Waals surface area (Å²) in [6.07, 6.45) is -3.67. The third-order valence-electron chi connectivity index (χ3n) is 3.86. The van der Waals surface area contributed by atoms with Crippen molar-refractivity contribution in [1.29, 1.82) is 0 Å². The maximum Gasteiger partial charge on any atom is 0.417 e. The van der Waals surface area contributed by atoms with Crippen LogP contribution in [-0.4, -0.2) is 21.4 Å². The Morgan fingerprint density at radius 1 is 1.22 bits per heavy atom. The van der Waals surface area contributed by atoms with Gasteiger partial charge in [0.25, 0.3) is 0 Å². The molecule has 0 fully saturated rings. The number of nitrogens with zero attached hydrogens (tertiary/aromatic N) is 3. The highest BCUT2D eigenvalue weighted by Crippen LogP contribution is 2.36. The van der Waals surface area contributed by atoms with E-state index in [-0.39, 0.29) is 35.0 Å². The van der Waals surface area contributed by atoms with Gasteiger partial charge in [0.15, 0.2) is 17.6 Å². The lowest BCUT2D eigenvalue weighted by atomic mass is 10.1. The molecule has 1 aliphatic rings. The summed E-state index contributed by atoms with van der Waals surface area (Å²) in [6, 6.07) is 3.44. The van der Waals surface area contributed by atoms with Gasteiger partial charge in [-0.15, -0.1) is 10.2 Å². The van der Waals surface area contributed by atoms with E-state index < -0.39 is 17.6 Å². The molecule has 3 aromatic rings. The monoisotopic (exact) mass is 419 g/mol. The van der Waals surface area contributed by atoms with Gasteiger partial charge < -0.3 is 9.47 Å². The fourth-order valence-corrected chi connectivity index (χ4v) is 3.82. The Hall–Kier alpha value is -2.04. The van der Waals surface area contributed by atoms with E-state index in [1.165, 1.54) is 16.5 Å². The average Bonchev–Trinajstić information content (AvgIpc) is 3.02. The van der Waals surface area contributed by atoms with Crippen molar-refractivity contribution in [3.8, 4) is 5.75 Å². The van der Waals surface area contributed by atoms with Crippen LogP contribution in [0.1, 0.15) is 16.7 Å². The summed E-state index contributed by atoms with van der Waals surface area (Å²) in [7, 11) is 0. The average molecular weight is 420 g/mol. The van der Waals surface area contributed by atoms with Crippen molar-refractivity contribution >= 4 is 29.0 Å². The van der Waals surface area contributed by atoms with Crippen LogP contribution in [0.3, 0.4) is 0 Å². The van der Waals surface area contributed by atoms with E-state index in [2.05, 4.69) is 10.2 Å². The fraction of sp³-hybridized carbons (Fsp3) is 0.250. The van der Waals surface area contributed by atoms with E-state index in [0.29, 0.717) is 16.9 Å². The van der Waals surface area contributed by atoms with Gasteiger partial charge in [-0.2, -0.15) is 13.2 Å². The lowest BCUT2D eigenvalue weighted by Crippen LogP contribution is -2.13. The molecule has 4 rings (SSSR count). The molecule has 2 aromatic heterocycles. The second-order valence-electron chi connectivity index (χ2n) is 5.70. The van der Waals surface area contributed by atoms with E-state index in [9.17, 15) is 17.6 Å². The molecule has 3 heterocycles. The quantitative estimate of drug-likeness (QED) is 0.455. The van der Waals surface area contributed by atoms with Crippen LogP contribution in [0.5, 0.6) is 5.75 Å². The minimum atomic E-state index is -4.56. The lowest BCUT2D eigenvalue weighted by molar-refractivity contribution is -0.137. The summed E-state index contributed by atoms with van der Waals surface area (Å²) in [4.78, 5) is 0. The molecular weight excluding hydrogens is 410 g/mol. The Bertz CT molecular complexity index is 1030. The number of rotatable bonds is 3. The number of thioether (sulfide) groups is 1. The van der Waals surface area contributed by atoms with Crippen LogP contribution in [-0.2, 0) is 23.3 Å². The highest BCUT2D eigenvalue weighted by molar-refractivity contribution is 7.98. The second kappa shape index (κ2) is 6.84. The second-order valence-corrected chi connectivity index (χ2v) is 7.05. The predicted molar refractivity (Wildman–Crippen MR) is 89.2 cm³/mol. The topological polar surface area (TPSA) is 48.7 Å². The van der Waals surface area contributed by atoms with Gasteiger partial charge in [-0.3, -0.25) is 4.40 Å². The van der Waals surface area contributed by atoms with Gasteiger partial charge in [0.2, 0.25) is 0 Å². The molecule has 1 aromatic carbocycles. The van der Waals surface area contributed by atoms with Crippen molar-refractivity contribution in [2.45, 2.75) is 23.7 Å². The van der Waals surface area contributed by atoms with E-state index >= 15 is 0 Å². The number of fused-ring (bicyclic) bond motifs is 2. The highest BCUT2D eigenvalue weighted by atomic mass is 35.5. The summed E-state index contributed by atoms with van der Waals surface area (Å²) >= 11 is 6.99. The van der Waals surface area contributed by atoms with E-state index in [0.717, 1.165) is 24.0 Å². The molecule has 0 saturated heterocycles. The normalized spacial score (nSPS) is 14.3. The smallest absolute Gasteiger partial charge is 0.417 e. The molecule has 142 valence electrons. The SMILES string of the molecule is Fc1cc2c(c(CSc3nnc4c(Cl)cc(C(F)(F)F)cn34)c1)OCOC2. The summed E-state index contributed by atoms with van der Waals surface area (Å²) in [5.74, 6) is 0.277. The molecule has 11 heteroatoms. The molecule has 0 bridgehead atoms. The standard InChI is InChI=1S/C16H10ClF4N3O2S/c17-12-3-10(16(19,20)21)4-24-14(12)22-23-15(24)27-6-9-2-11(18)1-8-5-25-7-26-13(8)9/h1-4H,5-7H2. The number of halogens is 5. The minimum Gasteiger partial charge on any atom is -0.467 e. The number of hydrogen-bond acceptors (Lipinski definition) is 5. The Labute approximate surface area is 159 Å². The molecule has 0 saturated carbocycles. The molecule has 0 atom stereocenters. The Balaban J connectivity index is 1.67. The summed E-state index contributed by atoms with van der Waals surface area (Å²) in [6.45, 7) is 0.276. The molecule has 27 heavy (non-hydrogen) atoms. The van der Waals surface area contributed by atoms with Crippen molar-refractivity contribution in [3.63, 3.8) is 0 Å². The maximum absolute atomic E-state index is 13.8. The molecule has 0 amide bonds. The van der Waals surface area contributed by atoms with Gasteiger partial charge >= 0.3 is 6.18 Å². The fourth-order valence-electron chi connectivity index (χ4n) is 2.69. The van der Waals surface area contributed by atoms with Crippen LogP contribution >= 0.6 is 23.4 Å². The highest BCUT2D eigenvalue weighted by Gasteiger charge is 2.32. The van der Waals surface area contributed by atoms with Crippen LogP contribution < -0.4 is 4.74 Å². The van der Waals surface area contributed by atoms with Crippen LogP contribution in [0.25, 0.3) is 5.65 Å². The third kappa shape index (κ3) is 3.56. The first-order valence-corrected chi connectivity index (χ1v) is 8.95. The van der Waals surface area contributed by atoms with Gasteiger partial charge in [-0.1, -0.05) is 23.4 Å². The van der Waals surface area contributed by atoms with E-state index in [4.69, 9.17) is 21.1 Å². The number of pyridine rings is 1. The molecule has 1 aliphatic heterocycles. The van der Waals surface area contributed by atoms with Crippen molar-refractivity contribution in [2.75, 3.05) is 6.79 Å². The van der Waals surface area contributed by atoms with Gasteiger partial charge in [0.1, 0.15) is 11.6 Å². The van der Waals surface area contributed by atoms with Crippen molar-refractivity contribution < 1.29 is 27.0 Å². The predicted octanol–water partition coefficient (Wildman–Crippen LogP) is 4.70. The molecule has 0 unspecified atom stereocenters. The number of benzene rings is 1. The van der Waals surface area contributed by atoms with E-state index in [1.54, 1.807) is 0 Å². The van der Waals surface area contributed by atoms with Gasteiger partial charge in [-0.05, 0) is 18.2 Å². The zero-order valence-electron chi connectivity index (χ0n) is 13.4. The molecule has 0 N–H and O–H groups in total. The Morgan fingerprint density at radius 2 is 2.04 bits per heavy atom. The number of hydrogen-bond donors (Lipinski definition) is 0. The Kier molecular flexibility index (Phi) is 4.65. The van der Waals surface area contributed by atoms with Crippen molar-refractivity contribution in [1.82, 2.24) is 14.6 Å². The largest absolute Gasteiger partial charge is 0.467 e. The number of aromatic nitrogens is 3. The first-order chi connectivity index (χ1) is 12.8. The molecule has 5 nitrogen and oxygen atoms in total. The minimum absolute atomic E-state index is 0.0503. The van der Waals surface area contributed by atoms with Crippen LogP contribution in [0, 0.1) is 5.82 Å². The number of alkyl halides is 3. The zero-order chi connectivity index (χ0) is 19.2. The lowest BCUT2D eigenvalue weighted by Gasteiger charge is -2.20. The van der Waals surface area contributed by atoms with Crippen molar-refractivity contribution in [2.24, 2.45) is 0 Å². The number of ether oxygens (including phenoxy) is 2.